The van der Waals surface area contributed by atoms with Crippen LogP contribution in [0.25, 0.3) is 0 Å². The third-order valence-corrected chi connectivity index (χ3v) is 1.01. The summed E-state index contributed by atoms with van der Waals surface area (Å²) in [6.45, 7) is 0. The quantitative estimate of drug-likeness (QED) is 0.359. The molecular formula is C7H5FNO-. The Balaban J connectivity index is 2.89. The highest BCUT2D eigenvalue weighted by molar-refractivity contribution is 5.53. The highest BCUT2D eigenvalue weighted by Crippen LogP contribution is 2.10. The van der Waals surface area contributed by atoms with E-state index < -0.39 is 0 Å². The molecular weight excluding hydrogens is 133 g/mol. The van der Waals surface area contributed by atoms with Gasteiger partial charge in [-0.2, -0.15) is 0 Å². The van der Waals surface area contributed by atoms with Crippen molar-refractivity contribution in [2.24, 2.45) is 4.99 Å². The summed E-state index contributed by atoms with van der Waals surface area (Å²) in [6, 6.07) is 5.41. The van der Waals surface area contributed by atoms with Gasteiger partial charge < -0.3 is 10.1 Å². The Labute approximate surface area is 57.7 Å². The van der Waals surface area contributed by atoms with Crippen LogP contribution in [0.15, 0.2) is 29.3 Å². The van der Waals surface area contributed by atoms with Crippen LogP contribution in [-0.4, -0.2) is 11.5 Å². The largest absolute Gasteiger partial charge is 0.588 e. The number of aliphatic imine (C=N–C) groups is 1. The summed E-state index contributed by atoms with van der Waals surface area (Å²) in [7, 11) is 0. The lowest BCUT2D eigenvalue weighted by molar-refractivity contribution is 0.580. The summed E-state index contributed by atoms with van der Waals surface area (Å²) in [4.78, 5) is 3.39. The maximum atomic E-state index is 12.2. The van der Waals surface area contributed by atoms with E-state index in [0.29, 0.717) is 5.69 Å². The second kappa shape index (κ2) is 2.96. The summed E-state index contributed by atoms with van der Waals surface area (Å²) in [6.07, 6.45) is 1.61. The number of aliphatic hydroxyl groups is 1. The lowest BCUT2D eigenvalue weighted by atomic mass is 10.3. The lowest BCUT2D eigenvalue weighted by Crippen LogP contribution is -1.70. The zero-order valence-electron chi connectivity index (χ0n) is 5.08. The van der Waals surface area contributed by atoms with Crippen LogP contribution in [0, 0.1) is 5.82 Å². The first-order valence-corrected chi connectivity index (χ1v) is 2.68. The molecule has 0 radical (unpaired) electrons. The number of benzene rings is 1. The molecule has 0 heterocycles. The molecule has 10 heavy (non-hydrogen) atoms. The van der Waals surface area contributed by atoms with Gasteiger partial charge in [0, 0.05) is 6.40 Å². The Hall–Kier alpha value is -1.38. The van der Waals surface area contributed by atoms with Crippen molar-refractivity contribution in [3.05, 3.63) is 30.1 Å². The van der Waals surface area contributed by atoms with Crippen LogP contribution in [0.5, 0.6) is 0 Å². The molecule has 52 valence electrons. The van der Waals surface area contributed by atoms with E-state index in [0.717, 1.165) is 0 Å². The zero-order valence-corrected chi connectivity index (χ0v) is 5.08. The van der Waals surface area contributed by atoms with Gasteiger partial charge in [0.2, 0.25) is 0 Å². The van der Waals surface area contributed by atoms with Crippen LogP contribution < -0.4 is 0 Å². The first kappa shape index (κ1) is 6.74. The first-order chi connectivity index (χ1) is 4.83. The molecule has 0 amide bonds. The predicted molar refractivity (Wildman–Crippen MR) is 36.1 cm³/mol. The van der Waals surface area contributed by atoms with Gasteiger partial charge in [0.1, 0.15) is 5.82 Å². The Bertz CT molecular complexity index is 230. The Morgan fingerprint density at radius 1 is 1.30 bits per heavy atom. The summed E-state index contributed by atoms with van der Waals surface area (Å²) < 4.78 is 12.2. The highest BCUT2D eigenvalue weighted by atomic mass is 19.1. The van der Waals surface area contributed by atoms with E-state index in [4.69, 9.17) is 5.11 Å². The van der Waals surface area contributed by atoms with Gasteiger partial charge in [-0.25, -0.2) is 4.39 Å². The maximum absolute atomic E-state index is 12.2. The number of halogens is 1. The molecule has 1 aromatic rings. The molecule has 1 N–H and O–H groups in total. The van der Waals surface area contributed by atoms with Gasteiger partial charge in [-0.15, -0.1) is 12.1 Å². The third-order valence-electron chi connectivity index (χ3n) is 1.01. The van der Waals surface area contributed by atoms with Crippen LogP contribution in [0.3, 0.4) is 0 Å². The molecule has 0 aliphatic carbocycles. The summed E-state index contributed by atoms with van der Waals surface area (Å²) in [5, 5.41) is 8.08. The minimum absolute atomic E-state index is 0.322. The zero-order chi connectivity index (χ0) is 7.40. The van der Waals surface area contributed by atoms with Crippen molar-refractivity contribution < 1.29 is 9.50 Å². The van der Waals surface area contributed by atoms with Crippen molar-refractivity contribution >= 4 is 12.1 Å². The van der Waals surface area contributed by atoms with Crippen LogP contribution in [0.4, 0.5) is 10.1 Å². The fraction of sp³-hybridized carbons (Fsp3) is 0. The maximum Gasteiger partial charge on any atom is 0.120 e. The summed E-state index contributed by atoms with van der Waals surface area (Å²) >= 11 is 0. The normalized spacial score (nSPS) is 10.5. The molecule has 3 heteroatoms. The fourth-order valence-electron chi connectivity index (χ4n) is 0.573. The number of rotatable bonds is 1. The molecule has 1 aromatic carbocycles. The second-order valence-corrected chi connectivity index (χ2v) is 1.69. The van der Waals surface area contributed by atoms with Gasteiger partial charge in [0.25, 0.3) is 0 Å². The highest BCUT2D eigenvalue weighted by Gasteiger charge is 1.81. The smallest absolute Gasteiger partial charge is 0.120 e. The third kappa shape index (κ3) is 1.55. The summed E-state index contributed by atoms with van der Waals surface area (Å²) in [5.41, 5.74) is 0.476. The monoisotopic (exact) mass is 138 g/mol. The van der Waals surface area contributed by atoms with Crippen molar-refractivity contribution in [3.8, 4) is 0 Å². The van der Waals surface area contributed by atoms with E-state index in [2.05, 4.69) is 4.99 Å². The number of aliphatic hydroxyl groups excluding tert-OH is 1. The van der Waals surface area contributed by atoms with Crippen molar-refractivity contribution in [3.63, 3.8) is 0 Å². The van der Waals surface area contributed by atoms with Gasteiger partial charge in [-0.1, -0.05) is 5.69 Å². The topological polar surface area (TPSA) is 32.6 Å². The Kier molecular flexibility index (Phi) is 1.99. The van der Waals surface area contributed by atoms with Crippen LogP contribution in [0.1, 0.15) is 0 Å². The van der Waals surface area contributed by atoms with E-state index in [-0.39, 0.29) is 5.82 Å². The molecule has 1 rings (SSSR count). The Morgan fingerprint density at radius 2 is 1.90 bits per heavy atom. The first-order valence-electron chi connectivity index (χ1n) is 2.68. The van der Waals surface area contributed by atoms with Crippen molar-refractivity contribution in [2.45, 2.75) is 0 Å². The molecule has 0 fully saturated rings. The molecule has 0 unspecified atom stereocenters. The van der Waals surface area contributed by atoms with Gasteiger partial charge in [-0.05, 0) is 12.1 Å². The molecule has 0 aliphatic heterocycles. The average molecular weight is 138 g/mol. The van der Waals surface area contributed by atoms with E-state index in [1.165, 1.54) is 24.3 Å². The molecule has 2 nitrogen and oxygen atoms in total. The van der Waals surface area contributed by atoms with E-state index in [9.17, 15) is 4.39 Å². The number of nitrogens with zero attached hydrogens (tertiary/aromatic N) is 1. The molecule has 0 bridgehead atoms. The number of hydrogen-bond donors (Lipinski definition) is 1. The standard InChI is InChI=1S/C7H5FNO/c8-6-1-3-7(4-2-6)9-5-10/h1-4H,(H,9,10)/q-1. The van der Waals surface area contributed by atoms with Gasteiger partial charge >= 0.3 is 0 Å². The molecule has 0 atom stereocenters. The van der Waals surface area contributed by atoms with Crippen molar-refractivity contribution in [1.29, 1.82) is 0 Å². The van der Waals surface area contributed by atoms with Gasteiger partial charge in [0.15, 0.2) is 0 Å². The van der Waals surface area contributed by atoms with Crippen LogP contribution in [0.2, 0.25) is 0 Å². The fourth-order valence-corrected chi connectivity index (χ4v) is 0.573. The van der Waals surface area contributed by atoms with Crippen LogP contribution in [-0.2, 0) is 0 Å². The van der Waals surface area contributed by atoms with Crippen molar-refractivity contribution in [1.82, 2.24) is 0 Å². The average Bonchev–Trinajstić information content (AvgIpc) is 1.95. The van der Waals surface area contributed by atoms with E-state index in [1.807, 2.05) is 0 Å². The van der Waals surface area contributed by atoms with E-state index >= 15 is 0 Å². The van der Waals surface area contributed by atoms with Crippen molar-refractivity contribution in [2.75, 3.05) is 0 Å². The summed E-state index contributed by atoms with van der Waals surface area (Å²) in [5.74, 6) is -0.322. The Morgan fingerprint density at radius 3 is 2.40 bits per heavy atom. The lowest BCUT2D eigenvalue weighted by Gasteiger charge is -1.99. The SMILES string of the molecule is O[C-]=Nc1ccc(F)cc1. The predicted octanol–water partition coefficient (Wildman–Crippen LogP) is 1.92. The molecule has 0 saturated carbocycles. The minimum atomic E-state index is -0.322. The molecule has 0 aromatic heterocycles. The second-order valence-electron chi connectivity index (χ2n) is 1.69. The molecule has 0 aliphatic rings. The molecule has 0 saturated heterocycles. The van der Waals surface area contributed by atoms with Gasteiger partial charge in [0.05, 0.1) is 0 Å². The van der Waals surface area contributed by atoms with Gasteiger partial charge in [-0.3, -0.25) is 0 Å². The number of hydrogen-bond acceptors (Lipinski definition) is 1. The minimum Gasteiger partial charge on any atom is -0.588 e. The van der Waals surface area contributed by atoms with E-state index in [1.54, 1.807) is 6.40 Å². The van der Waals surface area contributed by atoms with Crippen LogP contribution >= 0.6 is 0 Å². The molecule has 0 spiro atoms.